The van der Waals surface area contributed by atoms with Crippen molar-refractivity contribution in [1.82, 2.24) is 0 Å². The summed E-state index contributed by atoms with van der Waals surface area (Å²) in [5.41, 5.74) is 0. The Bertz CT molecular complexity index is 78.0. The van der Waals surface area contributed by atoms with Crippen molar-refractivity contribution in [3.8, 4) is 0 Å². The van der Waals surface area contributed by atoms with Gasteiger partial charge in [0.1, 0.15) is 0 Å². The highest BCUT2D eigenvalue weighted by Crippen LogP contribution is 1.00. The zero-order chi connectivity index (χ0) is 4.24. The Balaban J connectivity index is 3.00. The SMILES string of the molecule is c1[n+]#c[n+]#c[n+]#1. The van der Waals surface area contributed by atoms with Crippen molar-refractivity contribution in [3.05, 3.63) is 19.0 Å². The van der Waals surface area contributed by atoms with Crippen molar-refractivity contribution in [1.29, 1.82) is 0 Å². The molecule has 1 heterocycles. The molecule has 0 radical (unpaired) electrons. The lowest BCUT2D eigenvalue weighted by molar-refractivity contribution is -0.515. The van der Waals surface area contributed by atoms with Crippen LogP contribution in [-0.2, 0) is 0 Å². The smallest absolute Gasteiger partial charge is 0.207 e. The first kappa shape index (κ1) is 2.69. The molecule has 0 unspecified atom stereocenters. The Hall–Kier alpha value is -1.53. The molecule has 24 valence electrons. The van der Waals surface area contributed by atoms with Crippen molar-refractivity contribution in [3.63, 3.8) is 0 Å². The summed E-state index contributed by atoms with van der Waals surface area (Å²) in [6.07, 6.45) is 6.66. The molecule has 0 aliphatic carbocycles. The third-order valence-electron chi connectivity index (χ3n) is 0.300. The molecular formula is C3N3+3. The predicted molar refractivity (Wildman–Crippen MR) is 9.73 cm³/mol. The minimum atomic E-state index is 2.22. The van der Waals surface area contributed by atoms with Gasteiger partial charge in [0.2, 0.25) is 15.0 Å². The summed E-state index contributed by atoms with van der Waals surface area (Å²) >= 11 is 0. The van der Waals surface area contributed by atoms with E-state index in [1.807, 2.05) is 0 Å². The zero-order valence-electron chi connectivity index (χ0n) is 2.84. The first-order valence-electron chi connectivity index (χ1n) is 1.34. The molecule has 0 saturated heterocycles. The van der Waals surface area contributed by atoms with Crippen LogP contribution in [-0.4, -0.2) is 0 Å². The Morgan fingerprint density at radius 3 is 1.17 bits per heavy atom. The number of rotatable bonds is 0. The maximum atomic E-state index is 3.28. The fraction of sp³-hybridized carbons (Fsp3) is 0. The maximum Gasteiger partial charge on any atom is 0.793 e. The van der Waals surface area contributed by atoms with Crippen LogP contribution < -0.4 is 15.0 Å². The average Bonchev–Trinajstić information content (AvgIpc) is 1.72. The normalized spacial score (nSPS) is 4.00. The second kappa shape index (κ2) is 1.06. The predicted octanol–water partition coefficient (Wildman–Crippen LogP) is -3.11. The Morgan fingerprint density at radius 1 is 0.667 bits per heavy atom. The highest BCUT2D eigenvalue weighted by Gasteiger charge is 1.93. The molecule has 0 amide bonds. The lowest BCUT2D eigenvalue weighted by Gasteiger charge is -0.923. The van der Waals surface area contributed by atoms with Crippen LogP contribution >= 0.6 is 0 Å². The standard InChI is InChI=1S/C3N3/c1-4-2-6-3-5-1/q+3. The highest BCUT2D eigenvalue weighted by molar-refractivity contribution is 3.76. The molecule has 0 saturated carbocycles. The molecule has 0 aliphatic rings. The van der Waals surface area contributed by atoms with Gasteiger partial charge in [-0.15, -0.1) is 0 Å². The summed E-state index contributed by atoms with van der Waals surface area (Å²) < 4.78 is 0. The molecule has 0 fully saturated rings. The first-order valence-corrected chi connectivity index (χ1v) is 1.34. The van der Waals surface area contributed by atoms with Gasteiger partial charge in [0.15, 0.2) is 0 Å². The van der Waals surface area contributed by atoms with E-state index in [1.165, 1.54) is 0 Å². The maximum absolute atomic E-state index is 3.28. The molecule has 0 spiro atoms. The van der Waals surface area contributed by atoms with Gasteiger partial charge in [0.05, 0.1) is 0 Å². The average molecular weight is 78.1 g/mol. The second-order valence-corrected chi connectivity index (χ2v) is 0.635. The van der Waals surface area contributed by atoms with Crippen LogP contribution in [0, 0.1) is 19.0 Å². The van der Waals surface area contributed by atoms with Gasteiger partial charge in [0.25, 0.3) is 0 Å². The van der Waals surface area contributed by atoms with Crippen LogP contribution in [0.15, 0.2) is 0 Å². The topological polar surface area (TPSA) is 42.3 Å². The molecule has 0 N–H and O–H groups in total. The van der Waals surface area contributed by atoms with E-state index >= 15 is 0 Å². The van der Waals surface area contributed by atoms with E-state index in [9.17, 15) is 0 Å². The largest absolute Gasteiger partial charge is 0.793 e. The molecular weight excluding hydrogens is 78.1 g/mol. The molecule has 1 aromatic rings. The summed E-state index contributed by atoms with van der Waals surface area (Å²) in [5.74, 6) is 0. The Labute approximate surface area is 35.1 Å². The van der Waals surface area contributed by atoms with Crippen LogP contribution in [0.4, 0.5) is 0 Å². The molecule has 0 aliphatic heterocycles. The van der Waals surface area contributed by atoms with Crippen molar-refractivity contribution >= 4 is 0 Å². The number of hydrogen-bond donors (Lipinski definition) is 0. The van der Waals surface area contributed by atoms with Crippen molar-refractivity contribution < 1.29 is 15.0 Å². The van der Waals surface area contributed by atoms with Crippen LogP contribution in [0.5, 0.6) is 0 Å². The molecule has 6 heavy (non-hydrogen) atoms. The fourth-order valence-electron chi connectivity index (χ4n) is 0.142. The van der Waals surface area contributed by atoms with E-state index in [0.717, 1.165) is 0 Å². The molecule has 1 rings (SSSR count). The highest BCUT2D eigenvalue weighted by atomic mass is 14.7. The van der Waals surface area contributed by atoms with Gasteiger partial charge in [-0.25, -0.2) is 0 Å². The Kier molecular flexibility index (Phi) is 0.476. The number of hydrogen-bond acceptors (Lipinski definition) is 0. The van der Waals surface area contributed by atoms with Crippen molar-refractivity contribution in [2.75, 3.05) is 0 Å². The van der Waals surface area contributed by atoms with E-state index in [-0.39, 0.29) is 0 Å². The molecule has 1 aromatic heterocycles. The van der Waals surface area contributed by atoms with E-state index in [0.29, 0.717) is 0 Å². The first-order chi connectivity index (χ1) is 3.00. The molecule has 0 atom stereocenters. The van der Waals surface area contributed by atoms with Crippen molar-refractivity contribution in [2.45, 2.75) is 0 Å². The summed E-state index contributed by atoms with van der Waals surface area (Å²) in [5, 5.41) is 0. The Morgan fingerprint density at radius 2 is 1.00 bits per heavy atom. The molecule has 0 bridgehead atoms. The summed E-state index contributed by atoms with van der Waals surface area (Å²) in [6.45, 7) is 0. The third kappa shape index (κ3) is 0.267. The van der Waals surface area contributed by atoms with Gasteiger partial charge in [-0.2, -0.15) is 0 Å². The number of nitrogens with zero attached hydrogens (tertiary/aromatic N) is 3. The third-order valence-corrected chi connectivity index (χ3v) is 0.300. The van der Waals surface area contributed by atoms with Crippen LogP contribution in [0.1, 0.15) is 0 Å². The summed E-state index contributed by atoms with van der Waals surface area (Å²) in [4.78, 5) is 9.84. The fourth-order valence-corrected chi connectivity index (χ4v) is 0.142. The van der Waals surface area contributed by atoms with E-state index in [1.54, 1.807) is 0 Å². The quantitative estimate of drug-likeness (QED) is 0.330. The van der Waals surface area contributed by atoms with Crippen LogP contribution in [0.3, 0.4) is 0 Å². The zero-order valence-corrected chi connectivity index (χ0v) is 2.84. The van der Waals surface area contributed by atoms with Crippen LogP contribution in [0.2, 0.25) is 0 Å². The molecule has 0 aromatic carbocycles. The lowest BCUT2D eigenvalue weighted by atomic mass is 11.3. The van der Waals surface area contributed by atoms with Gasteiger partial charge < -0.3 is 0 Å². The van der Waals surface area contributed by atoms with Gasteiger partial charge in [0, 0.05) is 0 Å². The van der Waals surface area contributed by atoms with E-state index in [2.05, 4.69) is 33.9 Å². The molecule has 3 nitrogen and oxygen atoms in total. The molecule has 3 heteroatoms. The van der Waals surface area contributed by atoms with Gasteiger partial charge >= 0.3 is 19.0 Å². The van der Waals surface area contributed by atoms with Gasteiger partial charge in [-0.3, -0.25) is 0 Å². The second-order valence-electron chi connectivity index (χ2n) is 0.635. The minimum Gasteiger partial charge on any atom is 0.207 e. The summed E-state index contributed by atoms with van der Waals surface area (Å²) in [6, 6.07) is 0. The van der Waals surface area contributed by atoms with Gasteiger partial charge in [-0.1, -0.05) is 0 Å². The minimum absolute atomic E-state index is 2.22. The van der Waals surface area contributed by atoms with Gasteiger partial charge in [-0.05, 0) is 0 Å². The number of aromatic nitrogens is 3. The van der Waals surface area contributed by atoms with Crippen LogP contribution in [0.25, 0.3) is 0 Å². The monoisotopic (exact) mass is 78.0 g/mol. The van der Waals surface area contributed by atoms with E-state index in [4.69, 9.17) is 0 Å². The lowest BCUT2D eigenvalue weighted by Crippen LogP contribution is -2.04. The summed E-state index contributed by atoms with van der Waals surface area (Å²) in [7, 11) is 0. The van der Waals surface area contributed by atoms with E-state index < -0.39 is 0 Å². The van der Waals surface area contributed by atoms with Crippen molar-refractivity contribution in [2.24, 2.45) is 0 Å².